The molecule has 9 nitrogen and oxygen atoms in total. The number of carbonyl (C=O) groups excluding carboxylic acids is 4. The minimum absolute atomic E-state index is 0.0169. The summed E-state index contributed by atoms with van der Waals surface area (Å²) in [5, 5.41) is -1.57. The highest BCUT2D eigenvalue weighted by molar-refractivity contribution is 6.80. The fourth-order valence-electron chi connectivity index (χ4n) is 3.24. The SMILES string of the molecule is O=C(Cl)C(=O)OCC(F)(F)F.O=C(OCC(F)(F)F)C(=O)N(Cc1ccccn1)Cc1cccc2c1CCCO2. The largest absolute Gasteiger partial charge is 0.493 e. The number of esters is 2. The van der Waals surface area contributed by atoms with Gasteiger partial charge in [-0.2, -0.15) is 26.3 Å². The molecule has 0 N–H and O–H groups in total. The van der Waals surface area contributed by atoms with Crippen molar-refractivity contribution in [1.82, 2.24) is 9.88 Å². The maximum atomic E-state index is 12.6. The van der Waals surface area contributed by atoms with E-state index >= 15 is 0 Å². The van der Waals surface area contributed by atoms with Crippen LogP contribution in [0.1, 0.15) is 23.2 Å². The Morgan fingerprint density at radius 3 is 2.12 bits per heavy atom. The summed E-state index contributed by atoms with van der Waals surface area (Å²) < 4.78 is 83.9. The van der Waals surface area contributed by atoms with Crippen molar-refractivity contribution in [2.24, 2.45) is 0 Å². The van der Waals surface area contributed by atoms with Crippen LogP contribution in [-0.4, -0.2) is 65.1 Å². The summed E-state index contributed by atoms with van der Waals surface area (Å²) in [6.07, 6.45) is -6.26. The van der Waals surface area contributed by atoms with Crippen molar-refractivity contribution in [2.45, 2.75) is 38.3 Å². The molecule has 0 fully saturated rings. The van der Waals surface area contributed by atoms with Gasteiger partial charge in [0.15, 0.2) is 13.2 Å². The summed E-state index contributed by atoms with van der Waals surface area (Å²) in [6.45, 7) is -3.06. The summed E-state index contributed by atoms with van der Waals surface area (Å²) in [7, 11) is 0. The summed E-state index contributed by atoms with van der Waals surface area (Å²) >= 11 is 4.48. The molecule has 0 saturated carbocycles. The lowest BCUT2D eigenvalue weighted by Crippen LogP contribution is -2.38. The molecule has 2 aromatic rings. The molecular formula is C24H21ClF6N2O7. The lowest BCUT2D eigenvalue weighted by atomic mass is 9.99. The van der Waals surface area contributed by atoms with Crippen LogP contribution in [0.4, 0.5) is 26.3 Å². The van der Waals surface area contributed by atoms with Crippen molar-refractivity contribution in [2.75, 3.05) is 19.8 Å². The average Bonchev–Trinajstić information content (AvgIpc) is 2.89. The third kappa shape index (κ3) is 11.5. The minimum Gasteiger partial charge on any atom is -0.493 e. The van der Waals surface area contributed by atoms with E-state index in [1.165, 1.54) is 6.20 Å². The fraction of sp³-hybridized carbons (Fsp3) is 0.375. The summed E-state index contributed by atoms with van der Waals surface area (Å²) in [6, 6.07) is 10.5. The summed E-state index contributed by atoms with van der Waals surface area (Å²) in [4.78, 5) is 49.5. The average molecular weight is 599 g/mol. The highest BCUT2D eigenvalue weighted by Crippen LogP contribution is 2.29. The fourth-order valence-corrected chi connectivity index (χ4v) is 3.30. The maximum absolute atomic E-state index is 12.6. The molecule has 218 valence electrons. The van der Waals surface area contributed by atoms with E-state index in [0.717, 1.165) is 28.9 Å². The van der Waals surface area contributed by atoms with E-state index in [1.54, 1.807) is 30.3 Å². The number of aromatic nitrogens is 1. The Balaban J connectivity index is 0.000000432. The Kier molecular flexibility index (Phi) is 11.7. The minimum atomic E-state index is -4.71. The molecule has 0 radical (unpaired) electrons. The molecule has 0 aliphatic carbocycles. The van der Waals surface area contributed by atoms with Crippen LogP contribution in [0.25, 0.3) is 0 Å². The number of rotatable bonds is 7. The van der Waals surface area contributed by atoms with Gasteiger partial charge in [-0.05, 0) is 53.8 Å². The van der Waals surface area contributed by atoms with Crippen LogP contribution in [0.3, 0.4) is 0 Å². The van der Waals surface area contributed by atoms with E-state index in [4.69, 9.17) is 4.74 Å². The van der Waals surface area contributed by atoms with Crippen molar-refractivity contribution in [3.63, 3.8) is 0 Å². The predicted octanol–water partition coefficient (Wildman–Crippen LogP) is 3.90. The number of amides is 1. The van der Waals surface area contributed by atoms with Crippen molar-refractivity contribution in [1.29, 1.82) is 0 Å². The number of alkyl halides is 6. The predicted molar refractivity (Wildman–Crippen MR) is 124 cm³/mol. The van der Waals surface area contributed by atoms with Gasteiger partial charge >= 0.3 is 35.4 Å². The molecule has 1 aromatic heterocycles. The topological polar surface area (TPSA) is 112 Å². The molecule has 1 aromatic carbocycles. The Labute approximate surface area is 227 Å². The summed E-state index contributed by atoms with van der Waals surface area (Å²) in [5.41, 5.74) is 2.17. The second-order valence-electron chi connectivity index (χ2n) is 7.98. The molecule has 0 saturated heterocycles. The van der Waals surface area contributed by atoms with Gasteiger partial charge in [0.25, 0.3) is 0 Å². The first-order chi connectivity index (χ1) is 18.7. The molecular weight excluding hydrogens is 578 g/mol. The van der Waals surface area contributed by atoms with Gasteiger partial charge < -0.3 is 19.1 Å². The second kappa shape index (κ2) is 14.5. The molecule has 1 aliphatic heterocycles. The molecule has 2 heterocycles. The third-order valence-corrected chi connectivity index (χ3v) is 5.01. The molecule has 1 aliphatic rings. The molecule has 3 rings (SSSR count). The first-order valence-electron chi connectivity index (χ1n) is 11.3. The number of hydrogen-bond acceptors (Lipinski definition) is 8. The molecule has 16 heteroatoms. The molecule has 1 amide bonds. The zero-order valence-electron chi connectivity index (χ0n) is 20.4. The summed E-state index contributed by atoms with van der Waals surface area (Å²) in [5.74, 6) is -3.71. The number of benzene rings is 1. The van der Waals surface area contributed by atoms with Gasteiger partial charge in [-0.1, -0.05) is 18.2 Å². The molecule has 40 heavy (non-hydrogen) atoms. The number of halogens is 7. The first-order valence-corrected chi connectivity index (χ1v) is 11.6. The van der Waals surface area contributed by atoms with Crippen LogP contribution in [0.5, 0.6) is 5.75 Å². The van der Waals surface area contributed by atoms with Gasteiger partial charge in [0.05, 0.1) is 18.8 Å². The van der Waals surface area contributed by atoms with E-state index < -0.39 is 48.7 Å². The van der Waals surface area contributed by atoms with Crippen LogP contribution in [-0.2, 0) is 48.2 Å². The number of carbonyl (C=O) groups is 4. The van der Waals surface area contributed by atoms with Gasteiger partial charge in [0, 0.05) is 12.7 Å². The molecule has 0 unspecified atom stereocenters. The second-order valence-corrected chi connectivity index (χ2v) is 8.33. The van der Waals surface area contributed by atoms with Crippen molar-refractivity contribution in [3.05, 3.63) is 59.4 Å². The van der Waals surface area contributed by atoms with Gasteiger partial charge in [0.1, 0.15) is 5.75 Å². The van der Waals surface area contributed by atoms with Crippen LogP contribution < -0.4 is 4.74 Å². The van der Waals surface area contributed by atoms with Crippen molar-refractivity contribution < 1.29 is 59.7 Å². The zero-order chi connectivity index (χ0) is 29.9. The first kappa shape index (κ1) is 32.3. The van der Waals surface area contributed by atoms with Crippen LogP contribution >= 0.6 is 11.6 Å². The van der Waals surface area contributed by atoms with Gasteiger partial charge in [-0.25, -0.2) is 9.59 Å². The number of ether oxygens (including phenoxy) is 3. The third-order valence-electron chi connectivity index (χ3n) is 4.86. The van der Waals surface area contributed by atoms with Gasteiger partial charge in [-0.15, -0.1) is 0 Å². The smallest absolute Gasteiger partial charge is 0.422 e. The van der Waals surface area contributed by atoms with E-state index in [2.05, 4.69) is 26.1 Å². The zero-order valence-corrected chi connectivity index (χ0v) is 21.1. The Bertz CT molecular complexity index is 1190. The van der Waals surface area contributed by atoms with Gasteiger partial charge in [0.2, 0.25) is 0 Å². The Morgan fingerprint density at radius 2 is 1.55 bits per heavy atom. The quantitative estimate of drug-likeness (QED) is 0.204. The Hall–Kier alpha value is -3.88. The highest BCUT2D eigenvalue weighted by Gasteiger charge is 2.33. The number of pyridine rings is 1. The number of hydrogen-bond donors (Lipinski definition) is 0. The van der Waals surface area contributed by atoms with Gasteiger partial charge in [-0.3, -0.25) is 14.6 Å². The van der Waals surface area contributed by atoms with E-state index in [9.17, 15) is 45.5 Å². The maximum Gasteiger partial charge on any atom is 0.422 e. The van der Waals surface area contributed by atoms with E-state index in [1.807, 2.05) is 6.07 Å². The van der Waals surface area contributed by atoms with Crippen molar-refractivity contribution in [3.8, 4) is 5.75 Å². The van der Waals surface area contributed by atoms with Crippen LogP contribution in [0, 0.1) is 0 Å². The van der Waals surface area contributed by atoms with Crippen molar-refractivity contribution >= 4 is 34.7 Å². The molecule has 0 spiro atoms. The number of fused-ring (bicyclic) bond motifs is 1. The lowest BCUT2D eigenvalue weighted by Gasteiger charge is -2.25. The number of nitrogens with zero attached hydrogens (tertiary/aromatic N) is 2. The molecule has 0 atom stereocenters. The monoisotopic (exact) mass is 598 g/mol. The molecule has 0 bridgehead atoms. The normalized spacial score (nSPS) is 12.6. The standard InChI is InChI=1S/C20H19F3N2O4.C4H2ClF3O3/c21-20(22,23)13-29-19(27)18(26)25(12-15-6-1-2-9-24-15)11-14-5-3-8-17-16(14)7-4-10-28-17;5-2(9)3(10)11-1-4(6,7)8/h1-3,5-6,8-9H,4,7,10-13H2;1H2. The van der Waals surface area contributed by atoms with E-state index in [-0.39, 0.29) is 13.1 Å². The van der Waals surface area contributed by atoms with E-state index in [0.29, 0.717) is 18.1 Å². The lowest BCUT2D eigenvalue weighted by molar-refractivity contribution is -0.189. The van der Waals surface area contributed by atoms with Crippen LogP contribution in [0.15, 0.2) is 42.6 Å². The Morgan fingerprint density at radius 1 is 0.900 bits per heavy atom. The van der Waals surface area contributed by atoms with Crippen LogP contribution in [0.2, 0.25) is 0 Å². The highest BCUT2D eigenvalue weighted by atomic mass is 35.5.